The first kappa shape index (κ1) is 66.0. The van der Waals surface area contributed by atoms with Crippen LogP contribution in [0.5, 0.6) is 11.5 Å². The van der Waals surface area contributed by atoms with Crippen LogP contribution in [0, 0.1) is 60.1 Å². The molecule has 1 atom stereocenters. The van der Waals surface area contributed by atoms with E-state index in [1.165, 1.54) is 76.8 Å². The molecule has 0 saturated carbocycles. The molecule has 1 amide bonds. The maximum Gasteiger partial charge on any atom is 0.418 e. The number of nitrogens with one attached hydrogen (secondary N) is 4. The molecule has 4 aromatic carbocycles. The number of nitrogens with two attached hydrogens (primary N) is 1. The number of thiazole rings is 2. The van der Waals surface area contributed by atoms with E-state index in [9.17, 15) is 29.8 Å². The first-order valence-electron chi connectivity index (χ1n) is 23.0. The molecule has 6 N–H and O–H groups in total. The SMILES string of the molecule is C1CNCCN1.Cc1[c-]cc2sc(N)nc2c1.Cc1[c-]cc2sc(NC(=O)Oc3ccc([N+](=O)[O-])cc3)nc2c1.Cc1cccnc1Cl.Cc1cccnc1N1CCNC(C)C1.O=C(Cl)Oc1ccc([N+](=O)[O-])cc1.[Y].[Y]. The van der Waals surface area contributed by atoms with Gasteiger partial charge in [-0.2, -0.15) is 58.1 Å². The van der Waals surface area contributed by atoms with Crippen molar-refractivity contribution in [3.8, 4) is 11.5 Å². The molecule has 20 nitrogen and oxygen atoms in total. The summed E-state index contributed by atoms with van der Waals surface area (Å²) in [5.74, 6) is 1.52. The Labute approximate surface area is 513 Å². The number of pyridine rings is 2. The van der Waals surface area contributed by atoms with E-state index in [1.54, 1.807) is 6.20 Å². The number of carbonyl (C=O) groups is 2. The smallest absolute Gasteiger partial charge is 0.414 e. The Hall–Kier alpha value is -5.23. The molecule has 8 aromatic rings. The van der Waals surface area contributed by atoms with E-state index in [1.807, 2.05) is 69.4 Å². The van der Waals surface area contributed by atoms with E-state index in [4.69, 9.17) is 33.7 Å². The number of amides is 1. The van der Waals surface area contributed by atoms with E-state index >= 15 is 0 Å². The first-order valence-corrected chi connectivity index (χ1v) is 25.4. The number of piperazine rings is 2. The summed E-state index contributed by atoms with van der Waals surface area (Å²) in [5.41, 5.74) is 10.5. The van der Waals surface area contributed by atoms with E-state index in [-0.39, 0.29) is 88.3 Å². The predicted octanol–water partition coefficient (Wildman–Crippen LogP) is 10.6. The average Bonchev–Trinajstić information content (AvgIpc) is 3.97. The second kappa shape index (κ2) is 34.6. The van der Waals surface area contributed by atoms with E-state index in [0.29, 0.717) is 21.5 Å². The summed E-state index contributed by atoms with van der Waals surface area (Å²) in [6, 6.07) is 32.5. The number of nitro groups is 2. The predicted molar refractivity (Wildman–Crippen MR) is 297 cm³/mol. The molecule has 2 fully saturated rings. The topological polar surface area (TPSA) is 268 Å². The third-order valence-corrected chi connectivity index (χ3v) is 12.5. The summed E-state index contributed by atoms with van der Waals surface area (Å²) in [6.07, 6.45) is 2.84. The number of benzene rings is 4. The van der Waals surface area contributed by atoms with Gasteiger partial charge in [0.25, 0.3) is 11.4 Å². The fourth-order valence-electron chi connectivity index (χ4n) is 6.61. The molecule has 10 rings (SSSR count). The van der Waals surface area contributed by atoms with Crippen molar-refractivity contribution in [2.24, 2.45) is 0 Å². The number of ether oxygens (including phenoxy) is 2. The Bertz CT molecular complexity index is 3110. The maximum absolute atomic E-state index is 11.8. The van der Waals surface area contributed by atoms with Gasteiger partial charge < -0.3 is 36.1 Å². The number of halogens is 2. The molecule has 6 heterocycles. The Morgan fingerprint density at radius 3 is 1.73 bits per heavy atom. The number of non-ortho nitro benzene ring substituents is 2. The Balaban J connectivity index is 0.000000254. The molecule has 4 aromatic heterocycles. The normalized spacial score (nSPS) is 13.1. The van der Waals surface area contributed by atoms with Crippen LogP contribution >= 0.6 is 45.9 Å². The minimum Gasteiger partial charge on any atom is -0.414 e. The van der Waals surface area contributed by atoms with Gasteiger partial charge in [-0.25, -0.2) is 29.5 Å². The number of carbonyl (C=O) groups excluding carboxylic acids is 2. The number of fused-ring (bicyclic) bond motifs is 2. The standard InChI is InChI=1S/C15H10N3O4S.C11H17N3.C8H7N2S.C7H4ClNO4.C6H6ClN.C4H10N2.2Y/c1-9-2-7-13-12(8-9)16-14(23-13)17-15(19)22-11-5-3-10(4-6-11)18(20)21;1-9-4-3-5-13-11(9)14-7-6-12-10(2)8-14;1-5-2-3-7-6(4-5)10-8(9)11-7;8-7(10)13-6-3-1-5(2-4-6)9(11)12;1-5-3-2-4-8-6(5)7;1-2-6-4-3-5-1;;/h3-8H,1H3,(H,16,17,19);3-5,10,12H,6-8H2,1-2H3;3-4H,1H3,(H2,9,10);1-4H;2-4H,1H3;5-6H,1-4H2;;/q-1;;-1;;;;;. The number of hydrogen-bond acceptors (Lipinski definition) is 19. The van der Waals surface area contributed by atoms with Gasteiger partial charge in [0.15, 0.2) is 10.3 Å². The van der Waals surface area contributed by atoms with Crippen molar-refractivity contribution in [2.75, 3.05) is 61.8 Å². The molecule has 0 bridgehead atoms. The first-order chi connectivity index (χ1) is 35.9. The fourth-order valence-corrected chi connectivity index (χ4v) is 8.33. The van der Waals surface area contributed by atoms with E-state index in [2.05, 4.69) is 82.9 Å². The zero-order valence-electron chi connectivity index (χ0n) is 42.6. The molecule has 1 unspecified atom stereocenters. The number of nitrogen functional groups attached to an aromatic ring is 1. The molecular weight excluding hydrogens is 1220 g/mol. The number of hydrogen-bond donors (Lipinski definition) is 5. The summed E-state index contributed by atoms with van der Waals surface area (Å²) in [7, 11) is 0. The monoisotopic (exact) mass is 1270 g/mol. The summed E-state index contributed by atoms with van der Waals surface area (Å²) < 4.78 is 11.5. The second-order valence-corrected chi connectivity index (χ2v) is 19.0. The van der Waals surface area contributed by atoms with Gasteiger partial charge in [-0.05, 0) is 79.3 Å². The fraction of sp³-hybridized carbons (Fsp3) is 0.255. The average molecular weight is 1280 g/mol. The third-order valence-electron chi connectivity index (χ3n) is 10.2. The minimum atomic E-state index is -0.978. The molecular formula is C51H54Cl2N12O8S2Y2-2. The van der Waals surface area contributed by atoms with Crippen LogP contribution in [-0.4, -0.2) is 93.2 Å². The van der Waals surface area contributed by atoms with Gasteiger partial charge in [-0.3, -0.25) is 25.5 Å². The van der Waals surface area contributed by atoms with Crippen molar-refractivity contribution in [2.45, 2.75) is 40.7 Å². The molecule has 0 aliphatic carbocycles. The second-order valence-electron chi connectivity index (χ2n) is 16.2. The molecule has 77 heavy (non-hydrogen) atoms. The molecule has 2 saturated heterocycles. The third kappa shape index (κ3) is 23.7. The number of nitro benzene ring substituents is 2. The zero-order chi connectivity index (χ0) is 54.3. The number of rotatable bonds is 6. The maximum atomic E-state index is 11.8. The number of aryl methyl sites for hydroxylation is 4. The van der Waals surface area contributed by atoms with Crippen molar-refractivity contribution in [1.29, 1.82) is 0 Å². The zero-order valence-corrected chi connectivity index (χ0v) is 51.4. The number of nitrogens with zero attached hydrogens (tertiary/aromatic N) is 7. The van der Waals surface area contributed by atoms with Gasteiger partial charge in [-0.1, -0.05) is 47.0 Å². The minimum absolute atomic E-state index is 0. The number of aromatic nitrogens is 4. The Morgan fingerprint density at radius 1 is 0.753 bits per heavy atom. The molecule has 2 aliphatic rings. The summed E-state index contributed by atoms with van der Waals surface area (Å²) >= 11 is 13.3. The van der Waals surface area contributed by atoms with Crippen molar-refractivity contribution in [3.63, 3.8) is 0 Å². The van der Waals surface area contributed by atoms with Crippen LogP contribution in [0.1, 0.15) is 29.2 Å². The van der Waals surface area contributed by atoms with Crippen molar-refractivity contribution < 1.29 is 94.3 Å². The number of anilines is 3. The molecule has 2 aliphatic heterocycles. The van der Waals surface area contributed by atoms with Crippen LogP contribution < -0.4 is 41.4 Å². The molecule has 0 spiro atoms. The van der Waals surface area contributed by atoms with Gasteiger partial charge in [0.05, 0.1) is 9.85 Å². The van der Waals surface area contributed by atoms with Crippen LogP contribution in [0.2, 0.25) is 5.15 Å². The van der Waals surface area contributed by atoms with Gasteiger partial charge in [0, 0.05) is 166 Å². The Kier molecular flexibility index (Phi) is 29.7. The van der Waals surface area contributed by atoms with Crippen LogP contribution in [0.4, 0.5) is 37.0 Å². The molecule has 2 radical (unpaired) electrons. The van der Waals surface area contributed by atoms with Gasteiger partial charge in [0.1, 0.15) is 22.5 Å². The Morgan fingerprint density at radius 2 is 1.26 bits per heavy atom. The quantitative estimate of drug-likeness (QED) is 0.0340. The van der Waals surface area contributed by atoms with Gasteiger partial charge >= 0.3 is 11.5 Å². The molecule has 26 heteroatoms. The van der Waals surface area contributed by atoms with Crippen LogP contribution in [0.3, 0.4) is 0 Å². The molecule has 400 valence electrons. The van der Waals surface area contributed by atoms with Crippen LogP contribution in [-0.2, 0) is 65.4 Å². The summed E-state index contributed by atoms with van der Waals surface area (Å²) in [6.45, 7) is 17.9. The van der Waals surface area contributed by atoms with Crippen LogP contribution in [0.15, 0.2) is 109 Å². The van der Waals surface area contributed by atoms with Crippen LogP contribution in [0.25, 0.3) is 20.4 Å². The van der Waals surface area contributed by atoms with Crippen molar-refractivity contribution in [3.05, 3.63) is 169 Å². The largest absolute Gasteiger partial charge is 0.418 e. The van der Waals surface area contributed by atoms with Gasteiger partial charge in [-0.15, -0.1) is 12.1 Å². The van der Waals surface area contributed by atoms with E-state index < -0.39 is 21.4 Å². The van der Waals surface area contributed by atoms with Gasteiger partial charge in [0.2, 0.25) is 0 Å². The van der Waals surface area contributed by atoms with E-state index in [0.717, 1.165) is 88.8 Å². The summed E-state index contributed by atoms with van der Waals surface area (Å²) in [5, 5.41) is 34.8. The van der Waals surface area contributed by atoms with Crippen molar-refractivity contribution >= 4 is 105 Å². The van der Waals surface area contributed by atoms with Crippen molar-refractivity contribution in [1.82, 2.24) is 35.9 Å². The summed E-state index contributed by atoms with van der Waals surface area (Å²) in [4.78, 5) is 60.8.